The van der Waals surface area contributed by atoms with E-state index in [0.717, 1.165) is 5.75 Å². The third-order valence-corrected chi connectivity index (χ3v) is 1.43. The molecule has 4 heteroatoms. The molecule has 0 fully saturated rings. The Balaban J connectivity index is 2.63. The van der Waals surface area contributed by atoms with Crippen LogP contribution in [0.5, 0.6) is 0 Å². The monoisotopic (exact) mass is 128 g/mol. The molecule has 0 aromatic rings. The van der Waals surface area contributed by atoms with E-state index in [1.807, 2.05) is 0 Å². The van der Waals surface area contributed by atoms with E-state index in [-0.39, 0.29) is 0 Å². The lowest BCUT2D eigenvalue weighted by molar-refractivity contribution is -0.102. The molecular weight excluding hydrogens is 124 g/mol. The van der Waals surface area contributed by atoms with E-state index in [9.17, 15) is 4.79 Å². The fourth-order valence-electron chi connectivity index (χ4n) is 0.340. The van der Waals surface area contributed by atoms with Gasteiger partial charge in [0.15, 0.2) is 11.3 Å². The summed E-state index contributed by atoms with van der Waals surface area (Å²) >= 11 is 1.40. The molecule has 0 saturated carbocycles. The molecule has 42 valence electrons. The number of nitrogens with zero attached hydrogens (tertiary/aromatic N) is 2. The van der Waals surface area contributed by atoms with Gasteiger partial charge < -0.3 is 0 Å². The van der Waals surface area contributed by atoms with Crippen LogP contribution in [0.2, 0.25) is 0 Å². The number of aldehydes is 1. The van der Waals surface area contributed by atoms with Gasteiger partial charge in [-0.15, -0.1) is 5.10 Å². The van der Waals surface area contributed by atoms with Crippen LogP contribution in [0.15, 0.2) is 10.2 Å². The Bertz CT molecular complexity index is 152. The number of carbonyl (C=O) groups is 1. The maximum Gasteiger partial charge on any atom is 0.176 e. The molecule has 0 aromatic carbocycles. The zero-order chi connectivity index (χ0) is 5.82. The van der Waals surface area contributed by atoms with Gasteiger partial charge in [0.25, 0.3) is 0 Å². The Morgan fingerprint density at radius 1 is 1.88 bits per heavy atom. The van der Waals surface area contributed by atoms with Gasteiger partial charge in [-0.3, -0.25) is 4.79 Å². The number of hydrogen-bond acceptors (Lipinski definition) is 4. The predicted molar refractivity (Wildman–Crippen MR) is 34.4 cm³/mol. The van der Waals surface area contributed by atoms with Crippen LogP contribution in [0.25, 0.3) is 0 Å². The minimum atomic E-state index is 0.465. The van der Waals surface area contributed by atoms with Crippen LogP contribution in [0, 0.1) is 0 Å². The van der Waals surface area contributed by atoms with Crippen LogP contribution in [-0.4, -0.2) is 23.3 Å². The second kappa shape index (κ2) is 2.61. The smallest absolute Gasteiger partial charge is 0.176 e. The summed E-state index contributed by atoms with van der Waals surface area (Å²) in [4.78, 5) is 9.93. The summed E-state index contributed by atoms with van der Waals surface area (Å²) in [6.07, 6.45) is 2.37. The van der Waals surface area contributed by atoms with Gasteiger partial charge in [-0.2, -0.15) is 5.10 Å². The third-order valence-electron chi connectivity index (χ3n) is 0.645. The molecular formula is C4H4N2OS. The van der Waals surface area contributed by atoms with E-state index < -0.39 is 0 Å². The quantitative estimate of drug-likeness (QED) is 0.477. The van der Waals surface area contributed by atoms with E-state index in [4.69, 9.17) is 0 Å². The molecule has 0 aliphatic carbocycles. The maximum absolute atomic E-state index is 9.93. The fraction of sp³-hybridized carbons (Fsp3) is 0.250. The van der Waals surface area contributed by atoms with Crippen LogP contribution < -0.4 is 0 Å². The van der Waals surface area contributed by atoms with Crippen molar-refractivity contribution in [2.75, 3.05) is 5.75 Å². The molecule has 1 aliphatic rings. The maximum atomic E-state index is 9.93. The van der Waals surface area contributed by atoms with Crippen molar-refractivity contribution in [3.63, 3.8) is 0 Å². The number of carbonyl (C=O) groups excluding carboxylic acids is 1. The predicted octanol–water partition coefficient (Wildman–Crippen LogP) is 0.316. The van der Waals surface area contributed by atoms with Crippen molar-refractivity contribution in [2.24, 2.45) is 10.2 Å². The fourth-order valence-corrected chi connectivity index (χ4v) is 0.825. The van der Waals surface area contributed by atoms with Gasteiger partial charge in [-0.05, 0) is 0 Å². The molecule has 0 spiro atoms. The Morgan fingerprint density at radius 3 is 3.12 bits per heavy atom. The van der Waals surface area contributed by atoms with Crippen molar-refractivity contribution in [3.8, 4) is 0 Å². The van der Waals surface area contributed by atoms with Gasteiger partial charge in [0.2, 0.25) is 0 Å². The summed E-state index contributed by atoms with van der Waals surface area (Å²) in [5.41, 5.74) is 0. The molecule has 8 heavy (non-hydrogen) atoms. The minimum Gasteiger partial charge on any atom is -0.295 e. The zero-order valence-electron chi connectivity index (χ0n) is 4.07. The summed E-state index contributed by atoms with van der Waals surface area (Å²) in [7, 11) is 0. The van der Waals surface area contributed by atoms with Gasteiger partial charge in [-0.25, -0.2) is 0 Å². The van der Waals surface area contributed by atoms with E-state index in [2.05, 4.69) is 10.2 Å². The van der Waals surface area contributed by atoms with Gasteiger partial charge >= 0.3 is 0 Å². The van der Waals surface area contributed by atoms with Gasteiger partial charge in [-0.1, -0.05) is 11.8 Å². The Labute approximate surface area is 50.9 Å². The molecule has 0 bridgehead atoms. The topological polar surface area (TPSA) is 41.8 Å². The zero-order valence-corrected chi connectivity index (χ0v) is 4.89. The summed E-state index contributed by atoms with van der Waals surface area (Å²) in [6, 6.07) is 0. The highest BCUT2D eigenvalue weighted by atomic mass is 32.2. The van der Waals surface area contributed by atoms with Gasteiger partial charge in [0.1, 0.15) is 0 Å². The van der Waals surface area contributed by atoms with Crippen LogP contribution in [-0.2, 0) is 4.79 Å². The molecule has 1 heterocycles. The standard InChI is InChI=1S/C4H4N2OS/c7-3-4-6-5-1-2-8-4/h1,3H,2H2. The molecule has 0 saturated heterocycles. The highest BCUT2D eigenvalue weighted by Gasteiger charge is 1.98. The lowest BCUT2D eigenvalue weighted by Crippen LogP contribution is -1.98. The van der Waals surface area contributed by atoms with Crippen molar-refractivity contribution in [1.82, 2.24) is 0 Å². The Kier molecular flexibility index (Phi) is 1.80. The first-order chi connectivity index (χ1) is 3.93. The minimum absolute atomic E-state index is 0.465. The summed E-state index contributed by atoms with van der Waals surface area (Å²) in [6.45, 7) is 0. The van der Waals surface area contributed by atoms with E-state index in [1.165, 1.54) is 11.8 Å². The van der Waals surface area contributed by atoms with Crippen molar-refractivity contribution < 1.29 is 4.79 Å². The highest BCUT2D eigenvalue weighted by Crippen LogP contribution is 2.03. The SMILES string of the molecule is O=CC1=NN=CCS1. The molecule has 0 amide bonds. The number of thioether (sulfide) groups is 1. The van der Waals surface area contributed by atoms with Crippen molar-refractivity contribution in [1.29, 1.82) is 0 Å². The summed E-state index contributed by atoms with van der Waals surface area (Å²) < 4.78 is 0. The van der Waals surface area contributed by atoms with E-state index in [1.54, 1.807) is 6.21 Å². The largest absolute Gasteiger partial charge is 0.295 e. The van der Waals surface area contributed by atoms with Crippen LogP contribution in [0.4, 0.5) is 0 Å². The first kappa shape index (κ1) is 5.50. The van der Waals surface area contributed by atoms with Crippen molar-refractivity contribution in [3.05, 3.63) is 0 Å². The first-order valence-corrected chi connectivity index (χ1v) is 3.09. The number of rotatable bonds is 1. The van der Waals surface area contributed by atoms with Crippen molar-refractivity contribution in [2.45, 2.75) is 0 Å². The lowest BCUT2D eigenvalue weighted by atomic mass is 10.8. The van der Waals surface area contributed by atoms with Gasteiger partial charge in [0, 0.05) is 12.0 Å². The molecule has 0 atom stereocenters. The summed E-state index contributed by atoms with van der Waals surface area (Å²) in [5.74, 6) is 0.761. The number of hydrogen-bond donors (Lipinski definition) is 0. The second-order valence-corrected chi connectivity index (χ2v) is 2.21. The average molecular weight is 128 g/mol. The summed E-state index contributed by atoms with van der Waals surface area (Å²) in [5, 5.41) is 7.53. The van der Waals surface area contributed by atoms with E-state index >= 15 is 0 Å². The van der Waals surface area contributed by atoms with Crippen LogP contribution in [0.3, 0.4) is 0 Å². The molecule has 1 aliphatic heterocycles. The van der Waals surface area contributed by atoms with Crippen LogP contribution >= 0.6 is 11.8 Å². The molecule has 0 N–H and O–H groups in total. The van der Waals surface area contributed by atoms with Gasteiger partial charge in [0.05, 0.1) is 0 Å². The lowest BCUT2D eigenvalue weighted by Gasteiger charge is -1.94. The molecule has 0 aromatic heterocycles. The second-order valence-electron chi connectivity index (χ2n) is 1.17. The molecule has 0 unspecified atom stereocenters. The highest BCUT2D eigenvalue weighted by molar-refractivity contribution is 8.16. The van der Waals surface area contributed by atoms with Crippen molar-refractivity contribution >= 4 is 29.3 Å². The Hall–Kier alpha value is -0.640. The Morgan fingerprint density at radius 2 is 2.75 bits per heavy atom. The normalized spacial score (nSPS) is 17.8. The average Bonchev–Trinajstić information content (AvgIpc) is 1.90. The van der Waals surface area contributed by atoms with E-state index in [0.29, 0.717) is 11.3 Å². The molecule has 3 nitrogen and oxygen atoms in total. The molecule has 0 radical (unpaired) electrons. The third kappa shape index (κ3) is 1.16. The van der Waals surface area contributed by atoms with Crippen LogP contribution in [0.1, 0.15) is 0 Å². The molecule has 1 rings (SSSR count). The first-order valence-electron chi connectivity index (χ1n) is 2.11.